The molecule has 3 aromatic heterocycles. The minimum atomic E-state index is 0.515. The molecule has 0 saturated heterocycles. The number of rotatable bonds is 5. The van der Waals surface area contributed by atoms with E-state index >= 15 is 0 Å². The van der Waals surface area contributed by atoms with Crippen LogP contribution in [0.3, 0.4) is 0 Å². The molecule has 5 heteroatoms. The van der Waals surface area contributed by atoms with E-state index in [2.05, 4.69) is 59.0 Å². The van der Waals surface area contributed by atoms with Crippen molar-refractivity contribution >= 4 is 23.1 Å². The summed E-state index contributed by atoms with van der Waals surface area (Å²) < 4.78 is 4.07. The van der Waals surface area contributed by atoms with Gasteiger partial charge in [0.1, 0.15) is 0 Å². The third-order valence-electron chi connectivity index (χ3n) is 5.30. The average Bonchev–Trinajstić information content (AvgIpc) is 3.32. The molecule has 29 heavy (non-hydrogen) atoms. The zero-order valence-electron chi connectivity index (χ0n) is 16.9. The number of hydrogen-bond donors (Lipinski definition) is 0. The van der Waals surface area contributed by atoms with Gasteiger partial charge in [-0.1, -0.05) is 6.08 Å². The van der Waals surface area contributed by atoms with Crippen LogP contribution in [0.2, 0.25) is 0 Å². The quantitative estimate of drug-likeness (QED) is 0.493. The number of fused-ring (bicyclic) bond motifs is 1. The Bertz CT molecular complexity index is 1250. The van der Waals surface area contributed by atoms with Crippen molar-refractivity contribution in [3.63, 3.8) is 0 Å². The lowest BCUT2D eigenvalue weighted by Gasteiger charge is -2.11. The molecule has 0 saturated carbocycles. The van der Waals surface area contributed by atoms with Crippen molar-refractivity contribution in [3.8, 4) is 17.5 Å². The van der Waals surface area contributed by atoms with Crippen molar-refractivity contribution in [2.24, 2.45) is 14.1 Å². The van der Waals surface area contributed by atoms with Crippen molar-refractivity contribution in [2.75, 3.05) is 0 Å². The summed E-state index contributed by atoms with van der Waals surface area (Å²) in [4.78, 5) is 9.16. The lowest BCUT2D eigenvalue weighted by atomic mass is 9.97. The molecule has 1 aromatic carbocycles. The number of imidazole rings is 1. The first-order valence-corrected chi connectivity index (χ1v) is 9.64. The fourth-order valence-electron chi connectivity index (χ4n) is 3.60. The molecule has 5 nitrogen and oxygen atoms in total. The zero-order chi connectivity index (χ0) is 20.4. The molecule has 0 spiro atoms. The van der Waals surface area contributed by atoms with E-state index in [-0.39, 0.29) is 0 Å². The van der Waals surface area contributed by atoms with Gasteiger partial charge in [0, 0.05) is 37.8 Å². The molecular formula is C24H23N5. The molecule has 0 fully saturated rings. The maximum atomic E-state index is 8.99. The van der Waals surface area contributed by atoms with Gasteiger partial charge in [-0.25, -0.2) is 9.97 Å². The molecule has 0 unspecified atom stereocenters. The molecule has 0 radical (unpaired) electrons. The summed E-state index contributed by atoms with van der Waals surface area (Å²) in [7, 11) is 4.01. The molecule has 0 aliphatic rings. The first-order valence-electron chi connectivity index (χ1n) is 9.64. The van der Waals surface area contributed by atoms with E-state index in [0.29, 0.717) is 6.42 Å². The van der Waals surface area contributed by atoms with Crippen LogP contribution in [0.5, 0.6) is 0 Å². The molecule has 4 aromatic rings. The number of pyridine rings is 1. The maximum Gasteiger partial charge on any atom is 0.0948 e. The van der Waals surface area contributed by atoms with Gasteiger partial charge in [0.2, 0.25) is 0 Å². The second-order valence-corrected chi connectivity index (χ2v) is 7.32. The summed E-state index contributed by atoms with van der Waals surface area (Å²) in [6.07, 6.45) is 11.2. The third-order valence-corrected chi connectivity index (χ3v) is 5.30. The number of aromatic nitrogens is 4. The fraction of sp³-hybridized carbons (Fsp3) is 0.208. The highest BCUT2D eigenvalue weighted by atomic mass is 15.0. The zero-order valence-corrected chi connectivity index (χ0v) is 16.9. The van der Waals surface area contributed by atoms with Crippen LogP contribution in [0.4, 0.5) is 0 Å². The Morgan fingerprint density at radius 3 is 2.69 bits per heavy atom. The molecule has 0 amide bonds. The molecular weight excluding hydrogens is 358 g/mol. The summed E-state index contributed by atoms with van der Waals surface area (Å²) in [5.74, 6) is 0. The second kappa shape index (κ2) is 7.76. The van der Waals surface area contributed by atoms with Crippen molar-refractivity contribution < 1.29 is 0 Å². The monoisotopic (exact) mass is 381 g/mol. The van der Waals surface area contributed by atoms with Gasteiger partial charge in [0.05, 0.1) is 35.5 Å². The van der Waals surface area contributed by atoms with Crippen molar-refractivity contribution in [3.05, 3.63) is 71.4 Å². The lowest BCUT2D eigenvalue weighted by molar-refractivity contribution is 0.915. The minimum Gasteiger partial charge on any atom is -0.351 e. The van der Waals surface area contributed by atoms with Crippen molar-refractivity contribution in [1.29, 1.82) is 5.26 Å². The highest BCUT2D eigenvalue weighted by molar-refractivity contribution is 5.93. The predicted octanol–water partition coefficient (Wildman–Crippen LogP) is 4.91. The Kier molecular flexibility index (Phi) is 5.01. The second-order valence-electron chi connectivity index (χ2n) is 7.32. The van der Waals surface area contributed by atoms with Gasteiger partial charge in [0.15, 0.2) is 0 Å². The minimum absolute atomic E-state index is 0.515. The van der Waals surface area contributed by atoms with Gasteiger partial charge in [-0.2, -0.15) is 5.26 Å². The topological polar surface area (TPSA) is 59.4 Å². The highest BCUT2D eigenvalue weighted by Gasteiger charge is 2.11. The largest absolute Gasteiger partial charge is 0.351 e. The van der Waals surface area contributed by atoms with E-state index in [1.165, 1.54) is 11.1 Å². The van der Waals surface area contributed by atoms with Gasteiger partial charge in [-0.3, -0.25) is 0 Å². The Morgan fingerprint density at radius 2 is 2.00 bits per heavy atom. The number of aryl methyl sites for hydroxylation is 4. The maximum absolute atomic E-state index is 8.99. The van der Waals surface area contributed by atoms with Crippen LogP contribution in [0.25, 0.3) is 34.4 Å². The molecule has 0 aliphatic heterocycles. The molecule has 144 valence electrons. The normalized spacial score (nSPS) is 11.4. The molecule has 0 bridgehead atoms. The Balaban J connectivity index is 1.90. The molecule has 3 heterocycles. The summed E-state index contributed by atoms with van der Waals surface area (Å²) >= 11 is 0. The van der Waals surface area contributed by atoms with Crippen LogP contribution >= 0.6 is 0 Å². The fourth-order valence-corrected chi connectivity index (χ4v) is 3.60. The van der Waals surface area contributed by atoms with Crippen LogP contribution in [0.15, 0.2) is 49.1 Å². The van der Waals surface area contributed by atoms with E-state index in [9.17, 15) is 0 Å². The third kappa shape index (κ3) is 3.70. The Morgan fingerprint density at radius 1 is 1.14 bits per heavy atom. The van der Waals surface area contributed by atoms with E-state index in [0.717, 1.165) is 40.0 Å². The number of nitriles is 1. The highest BCUT2D eigenvalue weighted by Crippen LogP contribution is 2.29. The van der Waals surface area contributed by atoms with E-state index < -0.39 is 0 Å². The first kappa shape index (κ1) is 18.7. The van der Waals surface area contributed by atoms with Crippen LogP contribution in [0, 0.1) is 18.3 Å². The summed E-state index contributed by atoms with van der Waals surface area (Å²) in [6.45, 7) is 2.09. The first-order chi connectivity index (χ1) is 14.1. The lowest BCUT2D eigenvalue weighted by Crippen LogP contribution is -1.97. The predicted molar refractivity (Wildman–Crippen MR) is 117 cm³/mol. The van der Waals surface area contributed by atoms with Crippen molar-refractivity contribution in [1.82, 2.24) is 19.1 Å². The van der Waals surface area contributed by atoms with Crippen LogP contribution < -0.4 is 0 Å². The van der Waals surface area contributed by atoms with E-state index in [4.69, 9.17) is 10.2 Å². The molecule has 0 aliphatic carbocycles. The van der Waals surface area contributed by atoms with Crippen LogP contribution in [0.1, 0.15) is 28.8 Å². The molecule has 0 N–H and O–H groups in total. The Hall–Kier alpha value is -3.65. The summed E-state index contributed by atoms with van der Waals surface area (Å²) in [6, 6.07) is 12.8. The van der Waals surface area contributed by atoms with E-state index in [1.807, 2.05) is 37.1 Å². The standard InChI is InChI=1S/C24H23N5/c1-17-12-22-21(13-18(17)6-4-10-25)19(8-9-20-7-5-11-28(20)2)14-23(27-22)24-15-26-16-29(24)3/h5,7-9,11-16H,4,6H2,1-3H3/b9-8+. The van der Waals surface area contributed by atoms with Gasteiger partial charge >= 0.3 is 0 Å². The number of benzene rings is 1. The smallest absolute Gasteiger partial charge is 0.0948 e. The van der Waals surface area contributed by atoms with Crippen LogP contribution in [-0.4, -0.2) is 19.1 Å². The summed E-state index contributed by atoms with van der Waals surface area (Å²) in [5, 5.41) is 10.1. The van der Waals surface area contributed by atoms with Gasteiger partial charge in [-0.05, 0) is 66.4 Å². The van der Waals surface area contributed by atoms with Gasteiger partial charge < -0.3 is 9.13 Å². The van der Waals surface area contributed by atoms with Crippen molar-refractivity contribution in [2.45, 2.75) is 19.8 Å². The SMILES string of the molecule is Cc1cc2nc(-c3cncn3C)cc(/C=C/c3cccn3C)c2cc1CCC#N. The number of nitrogens with zero attached hydrogens (tertiary/aromatic N) is 5. The molecule has 0 atom stereocenters. The van der Waals surface area contributed by atoms with Gasteiger partial charge in [0.25, 0.3) is 0 Å². The van der Waals surface area contributed by atoms with Gasteiger partial charge in [-0.15, -0.1) is 0 Å². The summed E-state index contributed by atoms with van der Waals surface area (Å²) in [5.41, 5.74) is 7.43. The van der Waals surface area contributed by atoms with Crippen LogP contribution in [-0.2, 0) is 20.5 Å². The number of hydrogen-bond acceptors (Lipinski definition) is 3. The average molecular weight is 381 g/mol. The van der Waals surface area contributed by atoms with E-state index in [1.54, 1.807) is 6.33 Å². The Labute approximate surface area is 170 Å². The molecule has 4 rings (SSSR count).